The summed E-state index contributed by atoms with van der Waals surface area (Å²) >= 11 is 1.54. The largest absolute Gasteiger partial charge is 0.378 e. The van der Waals surface area contributed by atoms with Gasteiger partial charge in [0.25, 0.3) is 11.8 Å². The first-order chi connectivity index (χ1) is 18.6. The average molecular weight is 524 g/mol. The summed E-state index contributed by atoms with van der Waals surface area (Å²) in [6.07, 6.45) is 3.32. The van der Waals surface area contributed by atoms with E-state index in [9.17, 15) is 9.59 Å². The lowest BCUT2D eigenvalue weighted by Crippen LogP contribution is -2.36. The van der Waals surface area contributed by atoms with Gasteiger partial charge in [-0.3, -0.25) is 9.59 Å². The minimum atomic E-state index is -0.212. The Hall–Kier alpha value is -4.47. The van der Waals surface area contributed by atoms with Crippen molar-refractivity contribution in [2.75, 3.05) is 41.8 Å². The SMILES string of the molecule is O=C(Nc1ccc(N2CCOCC2)cc1)c1cccc(-n2cc(NC(=O)c3csc4ccccc34)cn2)c1. The highest BCUT2D eigenvalue weighted by molar-refractivity contribution is 7.17. The van der Waals surface area contributed by atoms with E-state index in [1.54, 1.807) is 40.5 Å². The van der Waals surface area contributed by atoms with E-state index in [0.29, 0.717) is 22.5 Å². The van der Waals surface area contributed by atoms with E-state index in [2.05, 4.69) is 20.6 Å². The van der Waals surface area contributed by atoms with Gasteiger partial charge in [-0.05, 0) is 48.5 Å². The van der Waals surface area contributed by atoms with Crippen LogP contribution in [0.25, 0.3) is 15.8 Å². The maximum atomic E-state index is 12.9. The lowest BCUT2D eigenvalue weighted by Gasteiger charge is -2.28. The molecule has 0 spiro atoms. The zero-order chi connectivity index (χ0) is 25.9. The van der Waals surface area contributed by atoms with Crippen molar-refractivity contribution in [3.05, 3.63) is 102 Å². The topological polar surface area (TPSA) is 88.5 Å². The number of morpholine rings is 1. The van der Waals surface area contributed by atoms with Gasteiger partial charge >= 0.3 is 0 Å². The third kappa shape index (κ3) is 5.02. The molecular formula is C29H25N5O3S. The standard InChI is InChI=1S/C29H25N5O3S/c35-28(31-21-8-10-23(11-9-21)33-12-14-37-15-13-33)20-4-3-5-24(16-20)34-18-22(17-30-34)32-29(36)26-19-38-27-7-2-1-6-25(26)27/h1-11,16-19H,12-15H2,(H,31,35)(H,32,36). The normalized spacial score (nSPS) is 13.4. The van der Waals surface area contributed by atoms with E-state index < -0.39 is 0 Å². The first-order valence-corrected chi connectivity index (χ1v) is 13.2. The molecule has 38 heavy (non-hydrogen) atoms. The maximum absolute atomic E-state index is 12.9. The third-order valence-electron chi connectivity index (χ3n) is 6.44. The molecule has 8 nitrogen and oxygen atoms in total. The second kappa shape index (κ2) is 10.5. The van der Waals surface area contributed by atoms with Crippen LogP contribution >= 0.6 is 11.3 Å². The average Bonchev–Trinajstić information content (AvgIpc) is 3.61. The Kier molecular flexibility index (Phi) is 6.60. The van der Waals surface area contributed by atoms with Crippen molar-refractivity contribution in [2.24, 2.45) is 0 Å². The monoisotopic (exact) mass is 523 g/mol. The fourth-order valence-electron chi connectivity index (χ4n) is 4.45. The van der Waals surface area contributed by atoms with Gasteiger partial charge in [0, 0.05) is 45.5 Å². The molecule has 1 aliphatic rings. The van der Waals surface area contributed by atoms with Crippen LogP contribution in [-0.2, 0) is 4.74 Å². The van der Waals surface area contributed by atoms with Crippen molar-refractivity contribution in [3.63, 3.8) is 0 Å². The van der Waals surface area contributed by atoms with Gasteiger partial charge in [-0.2, -0.15) is 5.10 Å². The minimum absolute atomic E-state index is 0.185. The van der Waals surface area contributed by atoms with Gasteiger partial charge < -0.3 is 20.3 Å². The van der Waals surface area contributed by atoms with E-state index in [4.69, 9.17) is 4.74 Å². The predicted molar refractivity (Wildman–Crippen MR) is 151 cm³/mol. The van der Waals surface area contributed by atoms with Crippen LogP contribution < -0.4 is 15.5 Å². The van der Waals surface area contributed by atoms with Crippen LogP contribution in [0, 0.1) is 0 Å². The number of nitrogens with one attached hydrogen (secondary N) is 2. The van der Waals surface area contributed by atoms with Gasteiger partial charge in [0.15, 0.2) is 0 Å². The van der Waals surface area contributed by atoms with Crippen molar-refractivity contribution < 1.29 is 14.3 Å². The van der Waals surface area contributed by atoms with Crippen LogP contribution in [0.3, 0.4) is 0 Å². The van der Waals surface area contributed by atoms with E-state index >= 15 is 0 Å². The van der Waals surface area contributed by atoms with Gasteiger partial charge in [0.05, 0.1) is 42.5 Å². The lowest BCUT2D eigenvalue weighted by atomic mass is 10.1. The molecule has 2 amide bonds. The summed E-state index contributed by atoms with van der Waals surface area (Å²) in [4.78, 5) is 28.1. The minimum Gasteiger partial charge on any atom is -0.378 e. The Morgan fingerprint density at radius 2 is 1.63 bits per heavy atom. The number of benzene rings is 3. The summed E-state index contributed by atoms with van der Waals surface area (Å²) in [5.74, 6) is -0.397. The fraction of sp³-hybridized carbons (Fsp3) is 0.138. The summed E-state index contributed by atoms with van der Waals surface area (Å²) in [5.41, 5.74) is 4.26. The van der Waals surface area contributed by atoms with E-state index in [-0.39, 0.29) is 11.8 Å². The molecule has 5 aromatic rings. The number of carbonyl (C=O) groups excluding carboxylic acids is 2. The molecule has 0 atom stereocenters. The molecule has 1 fully saturated rings. The second-order valence-electron chi connectivity index (χ2n) is 8.92. The number of fused-ring (bicyclic) bond motifs is 1. The van der Waals surface area contributed by atoms with E-state index in [0.717, 1.165) is 47.8 Å². The van der Waals surface area contributed by atoms with Crippen LogP contribution in [0.15, 0.2) is 90.6 Å². The molecule has 9 heteroatoms. The first-order valence-electron chi connectivity index (χ1n) is 12.3. The zero-order valence-corrected chi connectivity index (χ0v) is 21.3. The Bertz CT molecular complexity index is 1600. The Morgan fingerprint density at radius 3 is 2.47 bits per heavy atom. The number of hydrogen-bond donors (Lipinski definition) is 2. The number of thiophene rings is 1. The first kappa shape index (κ1) is 23.9. The molecule has 2 aromatic heterocycles. The molecular weight excluding hydrogens is 498 g/mol. The van der Waals surface area contributed by atoms with Crippen LogP contribution in [-0.4, -0.2) is 47.9 Å². The molecule has 0 bridgehead atoms. The number of nitrogens with zero attached hydrogens (tertiary/aromatic N) is 3. The van der Waals surface area contributed by atoms with Crippen LogP contribution in [0.1, 0.15) is 20.7 Å². The Labute approximate surface area is 223 Å². The summed E-state index contributed by atoms with van der Waals surface area (Å²) in [7, 11) is 0. The highest BCUT2D eigenvalue weighted by atomic mass is 32.1. The van der Waals surface area contributed by atoms with Gasteiger partial charge in [0.2, 0.25) is 0 Å². The number of hydrogen-bond acceptors (Lipinski definition) is 6. The van der Waals surface area contributed by atoms with Crippen molar-refractivity contribution in [1.29, 1.82) is 0 Å². The number of aromatic nitrogens is 2. The number of amides is 2. The van der Waals surface area contributed by atoms with Gasteiger partial charge in [-0.25, -0.2) is 4.68 Å². The lowest BCUT2D eigenvalue weighted by molar-refractivity contribution is 0.101. The highest BCUT2D eigenvalue weighted by Gasteiger charge is 2.15. The number of ether oxygens (including phenoxy) is 1. The summed E-state index contributed by atoms with van der Waals surface area (Å²) < 4.78 is 8.11. The summed E-state index contributed by atoms with van der Waals surface area (Å²) in [6, 6.07) is 22.9. The van der Waals surface area contributed by atoms with Crippen molar-refractivity contribution in [3.8, 4) is 5.69 Å². The third-order valence-corrected chi connectivity index (χ3v) is 7.40. The highest BCUT2D eigenvalue weighted by Crippen LogP contribution is 2.26. The summed E-state index contributed by atoms with van der Waals surface area (Å²) in [5, 5.41) is 13.1. The zero-order valence-electron chi connectivity index (χ0n) is 20.5. The van der Waals surface area contributed by atoms with Crippen LogP contribution in [0.4, 0.5) is 17.1 Å². The molecule has 3 heterocycles. The molecule has 0 aliphatic carbocycles. The predicted octanol–water partition coefficient (Wildman–Crippen LogP) is 5.43. The quantitative estimate of drug-likeness (QED) is 0.310. The number of anilines is 3. The maximum Gasteiger partial charge on any atom is 0.257 e. The molecule has 0 radical (unpaired) electrons. The van der Waals surface area contributed by atoms with E-state index in [1.165, 1.54) is 0 Å². The van der Waals surface area contributed by atoms with Gasteiger partial charge in [0.1, 0.15) is 0 Å². The molecule has 190 valence electrons. The number of rotatable bonds is 6. The smallest absolute Gasteiger partial charge is 0.257 e. The number of carbonyl (C=O) groups is 2. The Morgan fingerprint density at radius 1 is 0.842 bits per heavy atom. The van der Waals surface area contributed by atoms with Crippen molar-refractivity contribution in [2.45, 2.75) is 0 Å². The van der Waals surface area contributed by atoms with Crippen molar-refractivity contribution >= 4 is 50.3 Å². The fourth-order valence-corrected chi connectivity index (χ4v) is 5.39. The molecule has 3 aromatic carbocycles. The molecule has 0 saturated carbocycles. The molecule has 1 aliphatic heterocycles. The van der Waals surface area contributed by atoms with E-state index in [1.807, 2.05) is 66.0 Å². The molecule has 2 N–H and O–H groups in total. The molecule has 0 unspecified atom stereocenters. The van der Waals surface area contributed by atoms with Gasteiger partial charge in [-0.15, -0.1) is 11.3 Å². The summed E-state index contributed by atoms with van der Waals surface area (Å²) in [6.45, 7) is 3.18. The van der Waals surface area contributed by atoms with Crippen LogP contribution in [0.2, 0.25) is 0 Å². The Balaban J connectivity index is 1.12. The van der Waals surface area contributed by atoms with Gasteiger partial charge in [-0.1, -0.05) is 24.3 Å². The van der Waals surface area contributed by atoms with Crippen molar-refractivity contribution in [1.82, 2.24) is 9.78 Å². The molecule has 1 saturated heterocycles. The second-order valence-corrected chi connectivity index (χ2v) is 9.84. The molecule has 6 rings (SSSR count). The van der Waals surface area contributed by atoms with Crippen LogP contribution in [0.5, 0.6) is 0 Å².